The van der Waals surface area contributed by atoms with Crippen LogP contribution in [-0.4, -0.2) is 38.7 Å². The number of para-hydroxylation sites is 1. The van der Waals surface area contributed by atoms with Crippen LogP contribution in [0.4, 0.5) is 10.8 Å². The molecule has 1 aliphatic rings. The van der Waals surface area contributed by atoms with Crippen LogP contribution < -0.4 is 5.32 Å². The van der Waals surface area contributed by atoms with Crippen LogP contribution >= 0.6 is 23.1 Å². The standard InChI is InChI=1S/C16H16N4O2S2/c1-2-20-14(22)12(24-16(20)19-15-17-8-9-23-15)10-13(21)18-11-6-4-3-5-7-11/h3-9,12H,2,10H2,1H3,(H,18,21)/b19-16-. The number of thioether (sulfide) groups is 1. The van der Waals surface area contributed by atoms with Gasteiger partial charge in [0, 0.05) is 30.2 Å². The Kier molecular flexibility index (Phi) is 5.27. The van der Waals surface area contributed by atoms with Crippen LogP contribution in [0.15, 0.2) is 46.9 Å². The van der Waals surface area contributed by atoms with Crippen LogP contribution in [0.5, 0.6) is 0 Å². The molecule has 0 bridgehead atoms. The molecule has 2 aromatic rings. The number of aliphatic imine (C=N–C) groups is 1. The summed E-state index contributed by atoms with van der Waals surface area (Å²) in [5, 5.41) is 5.41. The van der Waals surface area contributed by atoms with E-state index in [1.165, 1.54) is 23.1 Å². The topological polar surface area (TPSA) is 74.7 Å². The van der Waals surface area contributed by atoms with E-state index in [1.807, 2.05) is 42.6 Å². The molecule has 1 unspecified atom stereocenters. The molecule has 1 aliphatic heterocycles. The zero-order valence-electron chi connectivity index (χ0n) is 13.0. The van der Waals surface area contributed by atoms with Crippen molar-refractivity contribution < 1.29 is 9.59 Å². The molecule has 1 fully saturated rings. The Morgan fingerprint density at radius 2 is 2.17 bits per heavy atom. The Morgan fingerprint density at radius 1 is 1.38 bits per heavy atom. The third-order valence-corrected chi connectivity index (χ3v) is 5.22. The van der Waals surface area contributed by atoms with E-state index in [9.17, 15) is 9.59 Å². The van der Waals surface area contributed by atoms with Gasteiger partial charge in [-0.2, -0.15) is 4.99 Å². The molecule has 0 spiro atoms. The van der Waals surface area contributed by atoms with E-state index in [4.69, 9.17) is 0 Å². The van der Waals surface area contributed by atoms with E-state index in [-0.39, 0.29) is 18.2 Å². The van der Waals surface area contributed by atoms with Gasteiger partial charge in [0.05, 0.1) is 0 Å². The normalized spacial score (nSPS) is 19.0. The van der Waals surface area contributed by atoms with Crippen LogP contribution in [0.25, 0.3) is 0 Å². The van der Waals surface area contributed by atoms with Crippen molar-refractivity contribution in [3.8, 4) is 0 Å². The molecule has 2 heterocycles. The lowest BCUT2D eigenvalue weighted by atomic mass is 10.2. The lowest BCUT2D eigenvalue weighted by molar-refractivity contribution is -0.128. The molecule has 0 saturated carbocycles. The minimum Gasteiger partial charge on any atom is -0.326 e. The number of thiazole rings is 1. The van der Waals surface area contributed by atoms with Crippen LogP contribution in [0, 0.1) is 0 Å². The summed E-state index contributed by atoms with van der Waals surface area (Å²) in [5.41, 5.74) is 0.724. The predicted octanol–water partition coefficient (Wildman–Crippen LogP) is 3.12. The van der Waals surface area contributed by atoms with E-state index in [0.29, 0.717) is 16.8 Å². The van der Waals surface area contributed by atoms with Gasteiger partial charge in [0.1, 0.15) is 5.25 Å². The molecule has 124 valence electrons. The average molecular weight is 360 g/mol. The highest BCUT2D eigenvalue weighted by atomic mass is 32.2. The van der Waals surface area contributed by atoms with Gasteiger partial charge < -0.3 is 5.32 Å². The summed E-state index contributed by atoms with van der Waals surface area (Å²) >= 11 is 2.73. The van der Waals surface area contributed by atoms with Crippen molar-refractivity contribution in [1.82, 2.24) is 9.88 Å². The zero-order valence-corrected chi connectivity index (χ0v) is 14.6. The molecule has 24 heavy (non-hydrogen) atoms. The van der Waals surface area contributed by atoms with Crippen LogP contribution in [0.3, 0.4) is 0 Å². The third kappa shape index (κ3) is 3.82. The van der Waals surface area contributed by atoms with E-state index in [2.05, 4.69) is 15.3 Å². The number of amides is 2. The number of hydrogen-bond donors (Lipinski definition) is 1. The number of benzene rings is 1. The summed E-state index contributed by atoms with van der Waals surface area (Å²) in [4.78, 5) is 34.8. The Bertz CT molecular complexity index is 747. The number of rotatable bonds is 5. The van der Waals surface area contributed by atoms with Gasteiger partial charge in [-0.3, -0.25) is 14.5 Å². The van der Waals surface area contributed by atoms with Gasteiger partial charge >= 0.3 is 0 Å². The van der Waals surface area contributed by atoms with Crippen molar-refractivity contribution in [2.75, 3.05) is 11.9 Å². The fourth-order valence-electron chi connectivity index (χ4n) is 2.27. The van der Waals surface area contributed by atoms with Crippen molar-refractivity contribution in [2.45, 2.75) is 18.6 Å². The summed E-state index contributed by atoms with van der Waals surface area (Å²) in [6, 6.07) is 9.21. The van der Waals surface area contributed by atoms with E-state index < -0.39 is 5.25 Å². The fourth-order valence-corrected chi connectivity index (χ4v) is 4.04. The first-order chi connectivity index (χ1) is 11.7. The molecule has 2 amide bonds. The van der Waals surface area contributed by atoms with Crippen molar-refractivity contribution in [1.29, 1.82) is 0 Å². The number of carbonyl (C=O) groups is 2. The van der Waals surface area contributed by atoms with E-state index >= 15 is 0 Å². The highest BCUT2D eigenvalue weighted by Gasteiger charge is 2.38. The molecule has 6 nitrogen and oxygen atoms in total. The monoisotopic (exact) mass is 360 g/mol. The Balaban J connectivity index is 1.68. The van der Waals surface area contributed by atoms with Crippen molar-refractivity contribution in [3.05, 3.63) is 41.9 Å². The molecular weight excluding hydrogens is 344 g/mol. The molecule has 0 radical (unpaired) electrons. The minimum absolute atomic E-state index is 0.0824. The molecule has 1 saturated heterocycles. The van der Waals surface area contributed by atoms with Gasteiger partial charge in [-0.25, -0.2) is 4.98 Å². The SMILES string of the molecule is CCN1C(=O)C(CC(=O)Nc2ccccc2)S/C1=N\c1nccs1. The van der Waals surface area contributed by atoms with Crippen LogP contribution in [0.1, 0.15) is 13.3 Å². The fraction of sp³-hybridized carbons (Fsp3) is 0.250. The average Bonchev–Trinajstić information content (AvgIpc) is 3.17. The maximum absolute atomic E-state index is 12.5. The minimum atomic E-state index is -0.452. The summed E-state index contributed by atoms with van der Waals surface area (Å²) in [5.74, 6) is -0.264. The second-order valence-electron chi connectivity index (χ2n) is 5.02. The lowest BCUT2D eigenvalue weighted by Gasteiger charge is -2.12. The summed E-state index contributed by atoms with van der Waals surface area (Å²) in [7, 11) is 0. The molecule has 1 aromatic carbocycles. The second kappa shape index (κ2) is 7.59. The quantitative estimate of drug-likeness (QED) is 0.889. The molecule has 3 rings (SSSR count). The van der Waals surface area contributed by atoms with Gasteiger partial charge in [-0.1, -0.05) is 30.0 Å². The molecule has 1 atom stereocenters. The largest absolute Gasteiger partial charge is 0.326 e. The van der Waals surface area contributed by atoms with Gasteiger partial charge in [0.2, 0.25) is 16.9 Å². The lowest BCUT2D eigenvalue weighted by Crippen LogP contribution is -2.33. The van der Waals surface area contributed by atoms with Crippen molar-refractivity contribution in [3.63, 3.8) is 0 Å². The van der Waals surface area contributed by atoms with Crippen LogP contribution in [-0.2, 0) is 9.59 Å². The number of aromatic nitrogens is 1. The van der Waals surface area contributed by atoms with Gasteiger partial charge in [-0.05, 0) is 19.1 Å². The molecule has 8 heteroatoms. The number of hydrogen-bond acceptors (Lipinski definition) is 6. The van der Waals surface area contributed by atoms with Gasteiger partial charge in [-0.15, -0.1) is 11.3 Å². The maximum atomic E-state index is 12.5. The highest BCUT2D eigenvalue weighted by molar-refractivity contribution is 8.15. The third-order valence-electron chi connectivity index (χ3n) is 3.38. The number of nitrogens with zero attached hydrogens (tertiary/aromatic N) is 3. The summed E-state index contributed by atoms with van der Waals surface area (Å²) in [6.45, 7) is 2.41. The Labute approximate surface area is 148 Å². The Hall–Kier alpha value is -2.19. The maximum Gasteiger partial charge on any atom is 0.242 e. The first-order valence-corrected chi connectivity index (χ1v) is 9.24. The van der Waals surface area contributed by atoms with Crippen LogP contribution in [0.2, 0.25) is 0 Å². The Morgan fingerprint density at radius 3 is 2.83 bits per heavy atom. The number of amidine groups is 1. The molecular formula is C16H16N4O2S2. The van der Waals surface area contributed by atoms with Gasteiger partial charge in [0.15, 0.2) is 5.17 Å². The van der Waals surface area contributed by atoms with Crippen molar-refractivity contribution in [2.24, 2.45) is 4.99 Å². The second-order valence-corrected chi connectivity index (χ2v) is 7.06. The number of nitrogens with one attached hydrogen (secondary N) is 1. The van der Waals surface area contributed by atoms with E-state index in [0.717, 1.165) is 5.69 Å². The smallest absolute Gasteiger partial charge is 0.242 e. The molecule has 0 aliphatic carbocycles. The highest BCUT2D eigenvalue weighted by Crippen LogP contribution is 2.32. The van der Waals surface area contributed by atoms with Gasteiger partial charge in [0.25, 0.3) is 0 Å². The molecule has 1 aromatic heterocycles. The first kappa shape index (κ1) is 16.7. The van der Waals surface area contributed by atoms with E-state index in [1.54, 1.807) is 11.1 Å². The number of carbonyl (C=O) groups excluding carboxylic acids is 2. The summed E-state index contributed by atoms with van der Waals surface area (Å²) < 4.78 is 0. The summed E-state index contributed by atoms with van der Waals surface area (Å²) in [6.07, 6.45) is 1.79. The number of anilines is 1. The zero-order chi connectivity index (χ0) is 16.9. The predicted molar refractivity (Wildman–Crippen MR) is 97.7 cm³/mol. The van der Waals surface area contributed by atoms with Crippen molar-refractivity contribution >= 4 is 50.9 Å². The molecule has 1 N–H and O–H groups in total. The first-order valence-electron chi connectivity index (χ1n) is 7.48.